The molecule has 0 saturated carbocycles. The van der Waals surface area contributed by atoms with E-state index < -0.39 is 0 Å². The number of thiocarbonyl (C=S) groups is 1. The first-order valence-electron chi connectivity index (χ1n) is 7.67. The second-order valence-electron chi connectivity index (χ2n) is 5.56. The molecule has 0 fully saturated rings. The van der Waals surface area contributed by atoms with Crippen molar-refractivity contribution in [2.45, 2.75) is 19.4 Å². The number of benzene rings is 2. The summed E-state index contributed by atoms with van der Waals surface area (Å²) in [6.07, 6.45) is 0. The van der Waals surface area contributed by atoms with E-state index in [0.717, 1.165) is 23.6 Å². The molecule has 0 saturated heterocycles. The highest BCUT2D eigenvalue weighted by Crippen LogP contribution is 2.32. The Morgan fingerprint density at radius 2 is 1.87 bits per heavy atom. The van der Waals surface area contributed by atoms with Gasteiger partial charge < -0.3 is 20.1 Å². The summed E-state index contributed by atoms with van der Waals surface area (Å²) in [5.41, 5.74) is 2.41. The van der Waals surface area contributed by atoms with Crippen molar-refractivity contribution in [2.24, 2.45) is 0 Å². The molecule has 0 aromatic heterocycles. The van der Waals surface area contributed by atoms with Crippen LogP contribution in [-0.4, -0.2) is 18.5 Å². The van der Waals surface area contributed by atoms with Gasteiger partial charge in [0.2, 0.25) is 6.79 Å². The molecule has 120 valence electrons. The van der Waals surface area contributed by atoms with Gasteiger partial charge in [0.15, 0.2) is 16.6 Å². The molecule has 4 nitrogen and oxygen atoms in total. The molecular weight excluding hydrogens is 308 g/mol. The molecule has 0 spiro atoms. The third-order valence-electron chi connectivity index (χ3n) is 3.83. The zero-order chi connectivity index (χ0) is 16.1. The Balaban J connectivity index is 1.45. The maximum atomic E-state index is 5.38. The summed E-state index contributed by atoms with van der Waals surface area (Å²) < 4.78 is 10.7. The van der Waals surface area contributed by atoms with Crippen molar-refractivity contribution in [3.8, 4) is 11.5 Å². The van der Waals surface area contributed by atoms with Crippen LogP contribution in [0.4, 0.5) is 0 Å². The zero-order valence-electron chi connectivity index (χ0n) is 13.0. The Bertz CT molecular complexity index is 676. The lowest BCUT2D eigenvalue weighted by Crippen LogP contribution is -2.36. The van der Waals surface area contributed by atoms with Crippen LogP contribution in [0.5, 0.6) is 11.5 Å². The van der Waals surface area contributed by atoms with E-state index in [0.29, 0.717) is 24.4 Å². The summed E-state index contributed by atoms with van der Waals surface area (Å²) in [6.45, 7) is 3.94. The molecule has 1 aliphatic heterocycles. The van der Waals surface area contributed by atoms with Gasteiger partial charge in [0, 0.05) is 13.1 Å². The Kier molecular flexibility index (Phi) is 4.98. The van der Waals surface area contributed by atoms with Gasteiger partial charge in [0.25, 0.3) is 0 Å². The number of rotatable bonds is 5. The zero-order valence-corrected chi connectivity index (χ0v) is 13.9. The molecule has 5 heteroatoms. The van der Waals surface area contributed by atoms with Crippen LogP contribution in [0.1, 0.15) is 24.0 Å². The number of hydrogen-bond donors (Lipinski definition) is 2. The standard InChI is InChI=1S/C18H20N2O2S/c1-13(15-5-3-2-4-6-15)10-19-18(23)20-11-14-7-8-16-17(9-14)22-12-21-16/h2-9,13H,10-12H2,1H3,(H2,19,20,23)/t13-/m1/s1. The van der Waals surface area contributed by atoms with Crippen molar-refractivity contribution in [3.05, 3.63) is 59.7 Å². The molecule has 2 aromatic rings. The fraction of sp³-hybridized carbons (Fsp3) is 0.278. The first-order chi connectivity index (χ1) is 11.2. The Morgan fingerprint density at radius 3 is 2.70 bits per heavy atom. The van der Waals surface area contributed by atoms with Gasteiger partial charge >= 0.3 is 0 Å². The average molecular weight is 328 g/mol. The van der Waals surface area contributed by atoms with Crippen molar-refractivity contribution in [3.63, 3.8) is 0 Å². The quantitative estimate of drug-likeness (QED) is 0.825. The molecule has 0 bridgehead atoms. The van der Waals surface area contributed by atoms with Gasteiger partial charge in [-0.1, -0.05) is 43.3 Å². The monoisotopic (exact) mass is 328 g/mol. The lowest BCUT2D eigenvalue weighted by Gasteiger charge is -2.15. The summed E-state index contributed by atoms with van der Waals surface area (Å²) in [6, 6.07) is 16.3. The lowest BCUT2D eigenvalue weighted by molar-refractivity contribution is 0.174. The first-order valence-corrected chi connectivity index (χ1v) is 8.08. The van der Waals surface area contributed by atoms with E-state index >= 15 is 0 Å². The Hall–Kier alpha value is -2.27. The molecule has 0 aliphatic carbocycles. The molecule has 23 heavy (non-hydrogen) atoms. The molecule has 0 radical (unpaired) electrons. The second-order valence-corrected chi connectivity index (χ2v) is 5.97. The first kappa shape index (κ1) is 15.6. The maximum Gasteiger partial charge on any atom is 0.231 e. The minimum absolute atomic E-state index is 0.295. The topological polar surface area (TPSA) is 42.5 Å². The fourth-order valence-corrected chi connectivity index (χ4v) is 2.60. The van der Waals surface area contributed by atoms with Crippen molar-refractivity contribution < 1.29 is 9.47 Å². The fourth-order valence-electron chi connectivity index (χ4n) is 2.44. The maximum absolute atomic E-state index is 5.38. The number of hydrogen-bond acceptors (Lipinski definition) is 3. The van der Waals surface area contributed by atoms with Gasteiger partial charge in [0.05, 0.1) is 0 Å². The van der Waals surface area contributed by atoms with E-state index in [1.54, 1.807) is 0 Å². The average Bonchev–Trinajstić information content (AvgIpc) is 3.06. The summed E-state index contributed by atoms with van der Waals surface area (Å²) in [5.74, 6) is 1.99. The van der Waals surface area contributed by atoms with Crippen LogP contribution in [0, 0.1) is 0 Å². The number of ether oxygens (including phenoxy) is 2. The summed E-state index contributed by atoms with van der Waals surface area (Å²) in [5, 5.41) is 7.15. The van der Waals surface area contributed by atoms with Crippen LogP contribution in [0.15, 0.2) is 48.5 Å². The Labute approximate surface area is 141 Å². The predicted octanol–water partition coefficient (Wildman–Crippen LogP) is 3.18. The van der Waals surface area contributed by atoms with Crippen molar-refractivity contribution in [1.29, 1.82) is 0 Å². The van der Waals surface area contributed by atoms with Gasteiger partial charge in [-0.15, -0.1) is 0 Å². The van der Waals surface area contributed by atoms with Crippen LogP contribution in [0.3, 0.4) is 0 Å². The van der Waals surface area contributed by atoms with Crippen LogP contribution in [0.2, 0.25) is 0 Å². The van der Waals surface area contributed by atoms with Crippen LogP contribution in [-0.2, 0) is 6.54 Å². The van der Waals surface area contributed by atoms with Gasteiger partial charge in [-0.25, -0.2) is 0 Å². The van der Waals surface area contributed by atoms with Gasteiger partial charge in [-0.2, -0.15) is 0 Å². The van der Waals surface area contributed by atoms with Gasteiger partial charge in [-0.05, 0) is 41.4 Å². The Morgan fingerprint density at radius 1 is 1.09 bits per heavy atom. The lowest BCUT2D eigenvalue weighted by atomic mass is 10.0. The second kappa shape index (κ2) is 7.33. The van der Waals surface area contributed by atoms with E-state index in [1.807, 2.05) is 24.3 Å². The van der Waals surface area contributed by atoms with Crippen molar-refractivity contribution in [2.75, 3.05) is 13.3 Å². The highest BCUT2D eigenvalue weighted by molar-refractivity contribution is 7.80. The molecule has 2 aromatic carbocycles. The molecular formula is C18H20N2O2S. The largest absolute Gasteiger partial charge is 0.454 e. The third-order valence-corrected chi connectivity index (χ3v) is 4.12. The summed E-state index contributed by atoms with van der Waals surface area (Å²) >= 11 is 5.34. The van der Waals surface area contributed by atoms with Crippen molar-refractivity contribution in [1.82, 2.24) is 10.6 Å². The molecule has 1 heterocycles. The normalized spacial score (nSPS) is 13.4. The molecule has 1 atom stereocenters. The van der Waals surface area contributed by atoms with E-state index in [4.69, 9.17) is 21.7 Å². The highest BCUT2D eigenvalue weighted by atomic mass is 32.1. The molecule has 1 aliphatic rings. The molecule has 2 N–H and O–H groups in total. The van der Waals surface area contributed by atoms with Crippen LogP contribution < -0.4 is 20.1 Å². The number of nitrogens with one attached hydrogen (secondary N) is 2. The van der Waals surface area contributed by atoms with Crippen molar-refractivity contribution >= 4 is 17.3 Å². The molecule has 3 rings (SSSR count). The number of fused-ring (bicyclic) bond motifs is 1. The van der Waals surface area contributed by atoms with E-state index in [2.05, 4.69) is 41.8 Å². The molecule has 0 unspecified atom stereocenters. The summed E-state index contributed by atoms with van der Waals surface area (Å²) in [4.78, 5) is 0. The minimum atomic E-state index is 0.295. The summed E-state index contributed by atoms with van der Waals surface area (Å²) in [7, 11) is 0. The van der Waals surface area contributed by atoms with Crippen LogP contribution >= 0.6 is 12.2 Å². The van der Waals surface area contributed by atoms with E-state index in [9.17, 15) is 0 Å². The van der Waals surface area contributed by atoms with Crippen LogP contribution in [0.25, 0.3) is 0 Å². The van der Waals surface area contributed by atoms with E-state index in [1.165, 1.54) is 5.56 Å². The highest BCUT2D eigenvalue weighted by Gasteiger charge is 2.13. The SMILES string of the molecule is C[C@H](CNC(=S)NCc1ccc2c(c1)OCO2)c1ccccc1. The minimum Gasteiger partial charge on any atom is -0.454 e. The predicted molar refractivity (Wildman–Crippen MR) is 94.9 cm³/mol. The van der Waals surface area contributed by atoms with E-state index in [-0.39, 0.29) is 0 Å². The molecule has 0 amide bonds. The van der Waals surface area contributed by atoms with Gasteiger partial charge in [-0.3, -0.25) is 0 Å². The third kappa shape index (κ3) is 4.13. The van der Waals surface area contributed by atoms with Gasteiger partial charge in [0.1, 0.15) is 0 Å². The smallest absolute Gasteiger partial charge is 0.231 e.